The molecular formula is C15H28O7. The molecule has 0 fully saturated rings. The van der Waals surface area contributed by atoms with E-state index in [1.165, 1.54) is 7.11 Å². The van der Waals surface area contributed by atoms with E-state index in [0.717, 1.165) is 0 Å². The van der Waals surface area contributed by atoms with Crippen LogP contribution in [0.15, 0.2) is 0 Å². The largest absolute Gasteiger partial charge is 0.469 e. The van der Waals surface area contributed by atoms with Gasteiger partial charge in [0, 0.05) is 19.6 Å². The van der Waals surface area contributed by atoms with Crippen molar-refractivity contribution in [2.45, 2.75) is 19.8 Å². The lowest BCUT2D eigenvalue weighted by Gasteiger charge is -2.10. The van der Waals surface area contributed by atoms with Crippen molar-refractivity contribution in [2.75, 3.05) is 60.5 Å². The Morgan fingerprint density at radius 3 is 1.82 bits per heavy atom. The minimum atomic E-state index is -0.501. The summed E-state index contributed by atoms with van der Waals surface area (Å²) in [6, 6.07) is 0. The minimum absolute atomic E-state index is 0.125. The number of carbonyl (C=O) groups is 2. The SMILES string of the molecule is COCCOCCOCCOCCC(C)C(=O)CC(=O)OC. The number of esters is 1. The van der Waals surface area contributed by atoms with E-state index in [2.05, 4.69) is 4.74 Å². The van der Waals surface area contributed by atoms with Gasteiger partial charge in [-0.1, -0.05) is 6.92 Å². The van der Waals surface area contributed by atoms with Gasteiger partial charge in [0.2, 0.25) is 0 Å². The van der Waals surface area contributed by atoms with Crippen LogP contribution in [0.1, 0.15) is 19.8 Å². The van der Waals surface area contributed by atoms with Crippen LogP contribution in [0.25, 0.3) is 0 Å². The molecule has 0 saturated heterocycles. The molecule has 0 aromatic heterocycles. The molecular weight excluding hydrogens is 292 g/mol. The summed E-state index contributed by atoms with van der Waals surface area (Å²) in [5.41, 5.74) is 0. The van der Waals surface area contributed by atoms with Crippen molar-refractivity contribution in [1.29, 1.82) is 0 Å². The molecule has 22 heavy (non-hydrogen) atoms. The van der Waals surface area contributed by atoms with Crippen LogP contribution in [0.5, 0.6) is 0 Å². The van der Waals surface area contributed by atoms with E-state index in [9.17, 15) is 9.59 Å². The van der Waals surface area contributed by atoms with Crippen molar-refractivity contribution < 1.29 is 33.3 Å². The first kappa shape index (κ1) is 21.0. The van der Waals surface area contributed by atoms with Gasteiger partial charge in [-0.3, -0.25) is 9.59 Å². The van der Waals surface area contributed by atoms with Gasteiger partial charge in [-0.15, -0.1) is 0 Å². The van der Waals surface area contributed by atoms with Crippen LogP contribution in [-0.2, 0) is 33.3 Å². The van der Waals surface area contributed by atoms with E-state index >= 15 is 0 Å². The molecule has 0 aromatic carbocycles. The highest BCUT2D eigenvalue weighted by atomic mass is 16.6. The third-order valence-corrected chi connectivity index (χ3v) is 2.97. The lowest BCUT2D eigenvalue weighted by atomic mass is 10.0. The molecule has 0 saturated carbocycles. The summed E-state index contributed by atoms with van der Waals surface area (Å²) >= 11 is 0. The Kier molecular flexibility index (Phi) is 14.2. The molecule has 0 bridgehead atoms. The van der Waals surface area contributed by atoms with Gasteiger partial charge in [0.25, 0.3) is 0 Å². The van der Waals surface area contributed by atoms with Crippen LogP contribution in [0.3, 0.4) is 0 Å². The monoisotopic (exact) mass is 320 g/mol. The summed E-state index contributed by atoms with van der Waals surface area (Å²) in [7, 11) is 2.90. The van der Waals surface area contributed by atoms with Crippen LogP contribution in [-0.4, -0.2) is 72.2 Å². The molecule has 0 aliphatic heterocycles. The minimum Gasteiger partial charge on any atom is -0.469 e. The first-order valence-corrected chi connectivity index (χ1v) is 7.43. The molecule has 0 N–H and O–H groups in total. The van der Waals surface area contributed by atoms with Crippen molar-refractivity contribution in [3.8, 4) is 0 Å². The number of carbonyl (C=O) groups excluding carboxylic acids is 2. The maximum absolute atomic E-state index is 11.6. The Balaban J connectivity index is 3.35. The normalized spacial score (nSPS) is 12.1. The molecule has 1 atom stereocenters. The zero-order chi connectivity index (χ0) is 16.6. The summed E-state index contributed by atoms with van der Waals surface area (Å²) in [6.07, 6.45) is 0.403. The fourth-order valence-electron chi connectivity index (χ4n) is 1.49. The molecule has 0 rings (SSSR count). The van der Waals surface area contributed by atoms with Gasteiger partial charge in [0.1, 0.15) is 12.2 Å². The third kappa shape index (κ3) is 12.7. The van der Waals surface area contributed by atoms with E-state index in [0.29, 0.717) is 52.7 Å². The predicted octanol–water partition coefficient (Wildman–Crippen LogP) is 0.841. The maximum Gasteiger partial charge on any atom is 0.313 e. The molecule has 0 radical (unpaired) electrons. The second kappa shape index (κ2) is 14.9. The number of ether oxygens (including phenoxy) is 5. The Labute approximate surface area is 132 Å². The Morgan fingerprint density at radius 1 is 0.818 bits per heavy atom. The van der Waals surface area contributed by atoms with Crippen LogP contribution in [0, 0.1) is 5.92 Å². The topological polar surface area (TPSA) is 80.3 Å². The van der Waals surface area contributed by atoms with Gasteiger partial charge in [-0.25, -0.2) is 0 Å². The number of hydrogen-bond acceptors (Lipinski definition) is 7. The van der Waals surface area contributed by atoms with Crippen LogP contribution < -0.4 is 0 Å². The first-order chi connectivity index (χ1) is 10.6. The van der Waals surface area contributed by atoms with E-state index in [-0.39, 0.29) is 18.1 Å². The average Bonchev–Trinajstić information content (AvgIpc) is 2.52. The number of methoxy groups -OCH3 is 2. The lowest BCUT2D eigenvalue weighted by molar-refractivity contribution is -0.144. The fourth-order valence-corrected chi connectivity index (χ4v) is 1.49. The second-order valence-corrected chi connectivity index (χ2v) is 4.74. The highest BCUT2D eigenvalue weighted by molar-refractivity contribution is 5.96. The molecule has 0 spiro atoms. The highest BCUT2D eigenvalue weighted by Gasteiger charge is 2.16. The standard InChI is InChI=1S/C15H28O7/c1-13(14(16)12-15(17)19-3)4-5-20-8-9-22-11-10-21-7-6-18-2/h13H,4-12H2,1-3H3. The summed E-state index contributed by atoms with van der Waals surface area (Å²) in [6.45, 7) is 5.38. The van der Waals surface area contributed by atoms with Gasteiger partial charge in [-0.2, -0.15) is 0 Å². The van der Waals surface area contributed by atoms with Gasteiger partial charge in [0.05, 0.1) is 46.8 Å². The maximum atomic E-state index is 11.6. The number of rotatable bonds is 15. The molecule has 7 nitrogen and oxygen atoms in total. The molecule has 7 heteroatoms. The third-order valence-electron chi connectivity index (χ3n) is 2.97. The quantitative estimate of drug-likeness (QED) is 0.251. The number of hydrogen-bond donors (Lipinski definition) is 0. The summed E-state index contributed by atoms with van der Waals surface area (Å²) in [5.74, 6) is -0.840. The van der Waals surface area contributed by atoms with Gasteiger partial charge >= 0.3 is 5.97 Å². The second-order valence-electron chi connectivity index (χ2n) is 4.74. The number of ketones is 1. The van der Waals surface area contributed by atoms with Crippen LogP contribution >= 0.6 is 0 Å². The first-order valence-electron chi connectivity index (χ1n) is 7.43. The molecule has 1 unspecified atom stereocenters. The highest BCUT2D eigenvalue weighted by Crippen LogP contribution is 2.07. The summed E-state index contributed by atoms with van der Waals surface area (Å²) in [5, 5.41) is 0. The van der Waals surface area contributed by atoms with Gasteiger partial charge in [0.15, 0.2) is 0 Å². The Morgan fingerprint density at radius 2 is 1.32 bits per heavy atom. The number of Topliss-reactive ketones (excluding diaryl/α,β-unsaturated/α-hetero) is 1. The van der Waals surface area contributed by atoms with Crippen molar-refractivity contribution >= 4 is 11.8 Å². The zero-order valence-electron chi connectivity index (χ0n) is 13.8. The van der Waals surface area contributed by atoms with Crippen molar-refractivity contribution in [1.82, 2.24) is 0 Å². The smallest absolute Gasteiger partial charge is 0.313 e. The zero-order valence-corrected chi connectivity index (χ0v) is 13.8. The van der Waals surface area contributed by atoms with Crippen molar-refractivity contribution in [2.24, 2.45) is 5.92 Å². The molecule has 0 aliphatic rings. The molecule has 0 heterocycles. The van der Waals surface area contributed by atoms with E-state index in [1.807, 2.05) is 0 Å². The Bertz CT molecular complexity index is 294. The van der Waals surface area contributed by atoms with Crippen LogP contribution in [0.4, 0.5) is 0 Å². The predicted molar refractivity (Wildman–Crippen MR) is 79.8 cm³/mol. The van der Waals surface area contributed by atoms with E-state index < -0.39 is 5.97 Å². The van der Waals surface area contributed by atoms with Crippen molar-refractivity contribution in [3.05, 3.63) is 0 Å². The molecule has 0 aromatic rings. The van der Waals surface area contributed by atoms with Gasteiger partial charge < -0.3 is 23.7 Å². The summed E-state index contributed by atoms with van der Waals surface area (Å²) in [4.78, 5) is 22.6. The van der Waals surface area contributed by atoms with Crippen molar-refractivity contribution in [3.63, 3.8) is 0 Å². The van der Waals surface area contributed by atoms with Crippen LogP contribution in [0.2, 0.25) is 0 Å². The fraction of sp³-hybridized carbons (Fsp3) is 0.867. The lowest BCUT2D eigenvalue weighted by Crippen LogP contribution is -2.18. The average molecular weight is 320 g/mol. The molecule has 0 amide bonds. The Hall–Kier alpha value is -1.02. The van der Waals surface area contributed by atoms with E-state index in [1.54, 1.807) is 14.0 Å². The molecule has 0 aliphatic carbocycles. The molecule has 130 valence electrons. The van der Waals surface area contributed by atoms with E-state index in [4.69, 9.17) is 18.9 Å². The van der Waals surface area contributed by atoms with Gasteiger partial charge in [-0.05, 0) is 6.42 Å². The summed E-state index contributed by atoms with van der Waals surface area (Å²) < 4.78 is 25.2.